The van der Waals surface area contributed by atoms with E-state index in [-0.39, 0.29) is 18.2 Å². The van der Waals surface area contributed by atoms with Gasteiger partial charge in [0.2, 0.25) is 11.8 Å². The van der Waals surface area contributed by atoms with E-state index in [2.05, 4.69) is 5.32 Å². The average molecular weight is 309 g/mol. The molecule has 1 aliphatic heterocycles. The molecule has 1 aliphatic rings. The molecule has 0 aliphatic carbocycles. The van der Waals surface area contributed by atoms with Crippen LogP contribution in [0.15, 0.2) is 24.3 Å². The standard InChI is InChI=1S/C16H21ClN2O2/c17-14-8-4-3-7-13(14)12-18-15(20)11-16(21)19-9-5-1-2-6-10-19/h3-4,7-8H,1-2,5-6,9-12H2,(H,18,20). The quantitative estimate of drug-likeness (QED) is 0.870. The minimum absolute atomic E-state index is 0.0754. The number of likely N-dealkylation sites (tertiary alicyclic amines) is 1. The maximum Gasteiger partial charge on any atom is 0.232 e. The Morgan fingerprint density at radius 3 is 2.43 bits per heavy atom. The summed E-state index contributed by atoms with van der Waals surface area (Å²) in [4.78, 5) is 25.8. The van der Waals surface area contributed by atoms with Gasteiger partial charge in [-0.05, 0) is 24.5 Å². The van der Waals surface area contributed by atoms with Gasteiger partial charge < -0.3 is 10.2 Å². The van der Waals surface area contributed by atoms with Crippen molar-refractivity contribution >= 4 is 23.4 Å². The van der Waals surface area contributed by atoms with E-state index in [4.69, 9.17) is 11.6 Å². The second-order valence-corrected chi connectivity index (χ2v) is 5.75. The molecule has 0 unspecified atom stereocenters. The number of hydrogen-bond donors (Lipinski definition) is 1. The van der Waals surface area contributed by atoms with Crippen molar-refractivity contribution in [3.63, 3.8) is 0 Å². The summed E-state index contributed by atoms with van der Waals surface area (Å²) >= 11 is 6.03. The number of benzene rings is 1. The first kappa shape index (κ1) is 15.8. The first-order valence-electron chi connectivity index (χ1n) is 7.44. The Hall–Kier alpha value is -1.55. The van der Waals surface area contributed by atoms with Crippen molar-refractivity contribution in [2.45, 2.75) is 38.6 Å². The fourth-order valence-corrected chi connectivity index (χ4v) is 2.67. The lowest BCUT2D eigenvalue weighted by Crippen LogP contribution is -2.36. The van der Waals surface area contributed by atoms with E-state index in [1.807, 2.05) is 23.1 Å². The van der Waals surface area contributed by atoms with Gasteiger partial charge in [-0.15, -0.1) is 0 Å². The third kappa shape index (κ3) is 5.05. The molecule has 0 radical (unpaired) electrons. The number of carbonyl (C=O) groups excluding carboxylic acids is 2. The van der Waals surface area contributed by atoms with Crippen LogP contribution in [-0.4, -0.2) is 29.8 Å². The van der Waals surface area contributed by atoms with E-state index in [9.17, 15) is 9.59 Å². The molecule has 1 N–H and O–H groups in total. The number of nitrogens with zero attached hydrogens (tertiary/aromatic N) is 1. The molecule has 0 aromatic heterocycles. The predicted molar refractivity (Wildman–Crippen MR) is 83.0 cm³/mol. The molecule has 1 fully saturated rings. The van der Waals surface area contributed by atoms with Crippen LogP contribution in [0.4, 0.5) is 0 Å². The average Bonchev–Trinajstić information content (AvgIpc) is 2.75. The molecule has 0 atom stereocenters. The molecule has 5 heteroatoms. The van der Waals surface area contributed by atoms with E-state index in [1.165, 1.54) is 12.8 Å². The van der Waals surface area contributed by atoms with Crippen molar-refractivity contribution in [3.05, 3.63) is 34.9 Å². The highest BCUT2D eigenvalue weighted by Gasteiger charge is 2.18. The fourth-order valence-electron chi connectivity index (χ4n) is 2.47. The highest BCUT2D eigenvalue weighted by molar-refractivity contribution is 6.31. The van der Waals surface area contributed by atoms with Gasteiger partial charge in [0.1, 0.15) is 6.42 Å². The summed E-state index contributed by atoms with van der Waals surface area (Å²) in [6.07, 6.45) is 4.33. The van der Waals surface area contributed by atoms with E-state index in [0.29, 0.717) is 11.6 Å². The summed E-state index contributed by atoms with van der Waals surface area (Å²) in [6, 6.07) is 7.36. The topological polar surface area (TPSA) is 49.4 Å². The number of rotatable bonds is 4. The van der Waals surface area contributed by atoms with Gasteiger partial charge in [-0.25, -0.2) is 0 Å². The summed E-state index contributed by atoms with van der Waals surface area (Å²) < 4.78 is 0. The van der Waals surface area contributed by atoms with Gasteiger partial charge in [0, 0.05) is 24.7 Å². The van der Waals surface area contributed by atoms with Gasteiger partial charge in [0.05, 0.1) is 0 Å². The summed E-state index contributed by atoms with van der Waals surface area (Å²) in [5.41, 5.74) is 0.856. The number of hydrogen-bond acceptors (Lipinski definition) is 2. The largest absolute Gasteiger partial charge is 0.352 e. The third-order valence-electron chi connectivity index (χ3n) is 3.70. The molecule has 1 saturated heterocycles. The lowest BCUT2D eigenvalue weighted by atomic mass is 10.2. The SMILES string of the molecule is O=C(CC(=O)N1CCCCCC1)NCc1ccccc1Cl. The Balaban J connectivity index is 1.78. The Morgan fingerprint density at radius 1 is 1.10 bits per heavy atom. The first-order chi connectivity index (χ1) is 10.2. The summed E-state index contributed by atoms with van der Waals surface area (Å²) in [5.74, 6) is -0.322. The van der Waals surface area contributed by atoms with Crippen molar-refractivity contribution in [1.29, 1.82) is 0 Å². The maximum absolute atomic E-state index is 12.1. The number of carbonyl (C=O) groups is 2. The van der Waals surface area contributed by atoms with Crippen LogP contribution in [0, 0.1) is 0 Å². The lowest BCUT2D eigenvalue weighted by molar-refractivity contribution is -0.136. The molecule has 21 heavy (non-hydrogen) atoms. The number of amides is 2. The van der Waals surface area contributed by atoms with E-state index < -0.39 is 0 Å². The molecular weight excluding hydrogens is 288 g/mol. The maximum atomic E-state index is 12.1. The Labute approximate surface area is 130 Å². The van der Waals surface area contributed by atoms with Crippen LogP contribution in [0.5, 0.6) is 0 Å². The van der Waals surface area contributed by atoms with Gasteiger partial charge >= 0.3 is 0 Å². The number of nitrogens with one attached hydrogen (secondary N) is 1. The van der Waals surface area contributed by atoms with Crippen LogP contribution >= 0.6 is 11.6 Å². The first-order valence-corrected chi connectivity index (χ1v) is 7.82. The van der Waals surface area contributed by atoms with Crippen LogP contribution in [0.3, 0.4) is 0 Å². The van der Waals surface area contributed by atoms with Gasteiger partial charge in [-0.1, -0.05) is 42.6 Å². The van der Waals surface area contributed by atoms with Crippen LogP contribution in [0.25, 0.3) is 0 Å². The smallest absolute Gasteiger partial charge is 0.232 e. The van der Waals surface area contributed by atoms with Gasteiger partial charge in [-0.3, -0.25) is 9.59 Å². The van der Waals surface area contributed by atoms with Crippen molar-refractivity contribution in [2.75, 3.05) is 13.1 Å². The minimum Gasteiger partial charge on any atom is -0.352 e. The number of halogens is 1. The highest BCUT2D eigenvalue weighted by atomic mass is 35.5. The second-order valence-electron chi connectivity index (χ2n) is 5.34. The van der Waals surface area contributed by atoms with Crippen LogP contribution in [0.1, 0.15) is 37.7 Å². The summed E-state index contributed by atoms with van der Waals surface area (Å²) in [6.45, 7) is 1.90. The zero-order chi connectivity index (χ0) is 15.1. The Kier molecular flexibility index (Phi) is 6.05. The van der Waals surface area contributed by atoms with E-state index in [1.54, 1.807) is 6.07 Å². The molecular formula is C16H21ClN2O2. The second kappa shape index (κ2) is 8.03. The molecule has 2 rings (SSSR count). The van der Waals surface area contributed by atoms with Crippen LogP contribution in [-0.2, 0) is 16.1 Å². The molecule has 2 amide bonds. The van der Waals surface area contributed by atoms with Crippen LogP contribution in [0.2, 0.25) is 5.02 Å². The molecule has 0 spiro atoms. The Morgan fingerprint density at radius 2 is 1.76 bits per heavy atom. The van der Waals surface area contributed by atoms with Crippen LogP contribution < -0.4 is 5.32 Å². The third-order valence-corrected chi connectivity index (χ3v) is 4.07. The minimum atomic E-state index is -0.246. The molecule has 1 aromatic carbocycles. The normalized spacial score (nSPS) is 15.4. The fraction of sp³-hybridized carbons (Fsp3) is 0.500. The Bertz CT molecular complexity index is 497. The van der Waals surface area contributed by atoms with Crippen molar-refractivity contribution in [1.82, 2.24) is 10.2 Å². The van der Waals surface area contributed by atoms with E-state index in [0.717, 1.165) is 31.5 Å². The van der Waals surface area contributed by atoms with Crippen molar-refractivity contribution in [3.8, 4) is 0 Å². The lowest BCUT2D eigenvalue weighted by Gasteiger charge is -2.20. The predicted octanol–water partition coefficient (Wildman–Crippen LogP) is 2.75. The molecule has 1 heterocycles. The highest BCUT2D eigenvalue weighted by Crippen LogP contribution is 2.14. The monoisotopic (exact) mass is 308 g/mol. The molecule has 114 valence electrons. The van der Waals surface area contributed by atoms with Crippen molar-refractivity contribution < 1.29 is 9.59 Å². The molecule has 0 bridgehead atoms. The van der Waals surface area contributed by atoms with E-state index >= 15 is 0 Å². The molecule has 1 aromatic rings. The van der Waals surface area contributed by atoms with Gasteiger partial charge in [0.25, 0.3) is 0 Å². The zero-order valence-corrected chi connectivity index (χ0v) is 12.9. The summed E-state index contributed by atoms with van der Waals surface area (Å²) in [7, 11) is 0. The van der Waals surface area contributed by atoms with Crippen molar-refractivity contribution in [2.24, 2.45) is 0 Å². The van der Waals surface area contributed by atoms with Gasteiger partial charge in [0.15, 0.2) is 0 Å². The molecule has 0 saturated carbocycles. The molecule has 4 nitrogen and oxygen atoms in total. The zero-order valence-electron chi connectivity index (χ0n) is 12.1. The summed E-state index contributed by atoms with van der Waals surface area (Å²) in [5, 5.41) is 3.38. The van der Waals surface area contributed by atoms with Gasteiger partial charge in [-0.2, -0.15) is 0 Å².